The topological polar surface area (TPSA) is 29.5 Å². The fraction of sp³-hybridized carbons (Fsp3) is 0.143. The van der Waals surface area contributed by atoms with Crippen molar-refractivity contribution in [3.63, 3.8) is 0 Å². The molecule has 0 fully saturated rings. The molecule has 0 spiro atoms. The highest BCUT2D eigenvalue weighted by molar-refractivity contribution is 9.10. The molecular weight excluding hydrogens is 280 g/mol. The van der Waals surface area contributed by atoms with Crippen LogP contribution in [0.25, 0.3) is 0 Å². The van der Waals surface area contributed by atoms with E-state index < -0.39 is 6.10 Å². The Kier molecular flexibility index (Phi) is 3.82. The number of aliphatic hydroxyl groups excluding tert-OH is 1. The fourth-order valence-corrected chi connectivity index (χ4v) is 1.72. The summed E-state index contributed by atoms with van der Waals surface area (Å²) in [4.78, 5) is 0. The van der Waals surface area contributed by atoms with Crippen LogP contribution in [0.15, 0.2) is 53.0 Å². The Morgan fingerprint density at radius 3 is 1.88 bits per heavy atom. The highest BCUT2D eigenvalue weighted by atomic mass is 79.9. The summed E-state index contributed by atoms with van der Waals surface area (Å²) < 4.78 is 6.69. The van der Waals surface area contributed by atoms with Crippen LogP contribution in [0.2, 0.25) is 0 Å². The van der Waals surface area contributed by atoms with Crippen molar-refractivity contribution in [3.8, 4) is 11.5 Å². The quantitative estimate of drug-likeness (QED) is 0.914. The molecule has 2 nitrogen and oxygen atoms in total. The van der Waals surface area contributed by atoms with Crippen LogP contribution in [0.3, 0.4) is 0 Å². The first-order valence-electron chi connectivity index (χ1n) is 5.36. The lowest BCUT2D eigenvalue weighted by molar-refractivity contribution is 0.199. The second kappa shape index (κ2) is 5.34. The van der Waals surface area contributed by atoms with Crippen molar-refractivity contribution in [2.75, 3.05) is 0 Å². The summed E-state index contributed by atoms with van der Waals surface area (Å²) >= 11 is 3.37. The average molecular weight is 293 g/mol. The van der Waals surface area contributed by atoms with Crippen molar-refractivity contribution in [1.82, 2.24) is 0 Å². The molecule has 17 heavy (non-hydrogen) atoms. The van der Waals surface area contributed by atoms with Gasteiger partial charge in [-0.3, -0.25) is 0 Å². The summed E-state index contributed by atoms with van der Waals surface area (Å²) in [7, 11) is 0. The van der Waals surface area contributed by atoms with Gasteiger partial charge in [-0.25, -0.2) is 0 Å². The van der Waals surface area contributed by atoms with E-state index in [4.69, 9.17) is 4.74 Å². The van der Waals surface area contributed by atoms with Gasteiger partial charge in [0.25, 0.3) is 0 Å². The highest BCUT2D eigenvalue weighted by Gasteiger charge is 2.01. The van der Waals surface area contributed by atoms with Gasteiger partial charge in [0.05, 0.1) is 6.10 Å². The summed E-state index contributed by atoms with van der Waals surface area (Å²) in [5.41, 5.74) is 0.883. The summed E-state index contributed by atoms with van der Waals surface area (Å²) in [5.74, 6) is 1.55. The van der Waals surface area contributed by atoms with E-state index in [1.165, 1.54) is 0 Å². The molecule has 0 radical (unpaired) electrons. The van der Waals surface area contributed by atoms with Crippen molar-refractivity contribution < 1.29 is 9.84 Å². The lowest BCUT2D eigenvalue weighted by atomic mass is 10.1. The number of benzene rings is 2. The number of halogens is 1. The van der Waals surface area contributed by atoms with E-state index in [0.29, 0.717) is 0 Å². The van der Waals surface area contributed by atoms with Crippen LogP contribution in [0.4, 0.5) is 0 Å². The van der Waals surface area contributed by atoms with Crippen LogP contribution in [-0.2, 0) is 0 Å². The van der Waals surface area contributed by atoms with E-state index in [-0.39, 0.29) is 0 Å². The first-order valence-corrected chi connectivity index (χ1v) is 6.16. The number of hydrogen-bond donors (Lipinski definition) is 1. The molecule has 3 heteroatoms. The summed E-state index contributed by atoms with van der Waals surface area (Å²) in [5, 5.41) is 9.39. The standard InChI is InChI=1S/C14H13BrO2/c1-10(16)11-2-6-13(7-3-11)17-14-8-4-12(15)5-9-14/h2-10,16H,1H3/t10-/m1/s1. The Morgan fingerprint density at radius 2 is 1.41 bits per heavy atom. The maximum atomic E-state index is 9.39. The van der Waals surface area contributed by atoms with Crippen molar-refractivity contribution in [1.29, 1.82) is 0 Å². The Morgan fingerprint density at radius 1 is 0.941 bits per heavy atom. The first-order chi connectivity index (χ1) is 8.15. The zero-order chi connectivity index (χ0) is 12.3. The van der Waals surface area contributed by atoms with Crippen LogP contribution >= 0.6 is 15.9 Å². The Balaban J connectivity index is 2.11. The zero-order valence-electron chi connectivity index (χ0n) is 9.43. The van der Waals surface area contributed by atoms with Crippen molar-refractivity contribution >= 4 is 15.9 Å². The molecule has 1 N–H and O–H groups in total. The molecule has 2 aromatic rings. The molecule has 2 rings (SSSR count). The van der Waals surface area contributed by atoms with E-state index in [0.717, 1.165) is 21.5 Å². The Bertz CT molecular complexity index is 475. The molecule has 0 heterocycles. The summed E-state index contributed by atoms with van der Waals surface area (Å²) in [6.07, 6.45) is -0.447. The third kappa shape index (κ3) is 3.32. The van der Waals surface area contributed by atoms with Crippen LogP contribution in [-0.4, -0.2) is 5.11 Å². The molecular formula is C14H13BrO2. The maximum Gasteiger partial charge on any atom is 0.127 e. The Labute approximate surface area is 109 Å². The van der Waals surface area contributed by atoms with Crippen LogP contribution in [0.5, 0.6) is 11.5 Å². The van der Waals surface area contributed by atoms with Gasteiger partial charge in [0, 0.05) is 4.47 Å². The van der Waals surface area contributed by atoms with Gasteiger partial charge in [-0.2, -0.15) is 0 Å². The highest BCUT2D eigenvalue weighted by Crippen LogP contribution is 2.24. The SMILES string of the molecule is C[C@@H](O)c1ccc(Oc2ccc(Br)cc2)cc1. The molecule has 0 aliphatic heterocycles. The van der Waals surface area contributed by atoms with Gasteiger partial charge in [-0.05, 0) is 48.9 Å². The van der Waals surface area contributed by atoms with Gasteiger partial charge in [-0.15, -0.1) is 0 Å². The van der Waals surface area contributed by atoms with Crippen molar-refractivity contribution in [3.05, 3.63) is 58.6 Å². The molecule has 1 atom stereocenters. The third-order valence-electron chi connectivity index (χ3n) is 2.41. The smallest absolute Gasteiger partial charge is 0.127 e. The van der Waals surface area contributed by atoms with E-state index in [1.54, 1.807) is 6.92 Å². The molecule has 2 aromatic carbocycles. The van der Waals surface area contributed by atoms with Crippen molar-refractivity contribution in [2.45, 2.75) is 13.0 Å². The minimum Gasteiger partial charge on any atom is -0.457 e. The molecule has 0 amide bonds. The zero-order valence-corrected chi connectivity index (χ0v) is 11.0. The van der Waals surface area contributed by atoms with E-state index in [1.807, 2.05) is 48.5 Å². The van der Waals surface area contributed by atoms with E-state index in [9.17, 15) is 5.11 Å². The van der Waals surface area contributed by atoms with Crippen LogP contribution < -0.4 is 4.74 Å². The lowest BCUT2D eigenvalue weighted by Crippen LogP contribution is -1.90. The van der Waals surface area contributed by atoms with E-state index in [2.05, 4.69) is 15.9 Å². The molecule has 0 saturated carbocycles. The fourth-order valence-electron chi connectivity index (χ4n) is 1.45. The molecule has 0 unspecified atom stereocenters. The number of ether oxygens (including phenoxy) is 1. The van der Waals surface area contributed by atoms with Gasteiger partial charge in [-0.1, -0.05) is 28.1 Å². The monoisotopic (exact) mass is 292 g/mol. The molecule has 0 aromatic heterocycles. The number of aliphatic hydroxyl groups is 1. The third-order valence-corrected chi connectivity index (χ3v) is 2.94. The Hall–Kier alpha value is -1.32. The summed E-state index contributed by atoms with van der Waals surface area (Å²) in [6, 6.07) is 15.1. The predicted molar refractivity (Wildman–Crippen MR) is 71.3 cm³/mol. The van der Waals surface area contributed by atoms with Crippen molar-refractivity contribution in [2.24, 2.45) is 0 Å². The molecule has 0 bridgehead atoms. The van der Waals surface area contributed by atoms with Gasteiger partial charge in [0.2, 0.25) is 0 Å². The minimum atomic E-state index is -0.447. The van der Waals surface area contributed by atoms with Gasteiger partial charge >= 0.3 is 0 Å². The average Bonchev–Trinajstić information content (AvgIpc) is 2.33. The van der Waals surface area contributed by atoms with Gasteiger partial charge in [0.1, 0.15) is 11.5 Å². The molecule has 0 aliphatic carbocycles. The number of rotatable bonds is 3. The normalized spacial score (nSPS) is 12.2. The minimum absolute atomic E-state index is 0.447. The molecule has 0 aliphatic rings. The second-order valence-corrected chi connectivity index (χ2v) is 4.72. The largest absolute Gasteiger partial charge is 0.457 e. The molecule has 88 valence electrons. The lowest BCUT2D eigenvalue weighted by Gasteiger charge is -2.08. The van der Waals surface area contributed by atoms with E-state index >= 15 is 0 Å². The maximum absolute atomic E-state index is 9.39. The van der Waals surface area contributed by atoms with Crippen LogP contribution in [0, 0.1) is 0 Å². The number of hydrogen-bond acceptors (Lipinski definition) is 2. The van der Waals surface area contributed by atoms with Gasteiger partial charge < -0.3 is 9.84 Å². The first kappa shape index (κ1) is 12.1. The predicted octanol–water partition coefficient (Wildman–Crippen LogP) is 4.29. The van der Waals surface area contributed by atoms with Gasteiger partial charge in [0.15, 0.2) is 0 Å². The molecule has 0 saturated heterocycles. The second-order valence-electron chi connectivity index (χ2n) is 3.80. The summed E-state index contributed by atoms with van der Waals surface area (Å²) in [6.45, 7) is 1.74. The van der Waals surface area contributed by atoms with Crippen LogP contribution in [0.1, 0.15) is 18.6 Å².